The minimum Gasteiger partial charge on any atom is -0.482 e. The summed E-state index contributed by atoms with van der Waals surface area (Å²) in [5.41, 5.74) is 0. The molecular weight excluding hydrogens is 1270 g/mol. The van der Waals surface area contributed by atoms with Crippen LogP contribution in [-0.2, 0) is 57.2 Å². The molecule has 0 atom stereocenters. The van der Waals surface area contributed by atoms with Crippen molar-refractivity contribution in [2.45, 2.75) is 80.7 Å². The molecule has 90 heavy (non-hydrogen) atoms. The summed E-state index contributed by atoms with van der Waals surface area (Å²) in [7, 11) is 6.38. The molecule has 24 heteroatoms. The second-order valence-electron chi connectivity index (χ2n) is 18.4. The van der Waals surface area contributed by atoms with Crippen LogP contribution in [0.2, 0.25) is 0 Å². The highest BCUT2D eigenvalue weighted by Gasteiger charge is 2.69. The average Bonchev–Trinajstić information content (AvgIpc) is 0.644. The van der Waals surface area contributed by atoms with Gasteiger partial charge in [0, 0.05) is 39.2 Å². The van der Waals surface area contributed by atoms with E-state index in [0.29, 0.717) is 34.5 Å². The van der Waals surface area contributed by atoms with Crippen molar-refractivity contribution >= 4 is 95.2 Å². The van der Waals surface area contributed by atoms with E-state index in [1.807, 2.05) is 97.1 Å². The van der Waals surface area contributed by atoms with Crippen molar-refractivity contribution < 1.29 is 85.6 Å². The van der Waals surface area contributed by atoms with E-state index in [4.69, 9.17) is 56.8 Å². The van der Waals surface area contributed by atoms with Crippen molar-refractivity contribution in [2.75, 3.05) is 79.3 Å². The number of hydrogen-bond donors (Lipinski definition) is 0. The van der Waals surface area contributed by atoms with Gasteiger partial charge < -0.3 is 56.8 Å². The van der Waals surface area contributed by atoms with Crippen LogP contribution < -0.4 is 28.4 Å². The van der Waals surface area contributed by atoms with Gasteiger partial charge in [-0.05, 0) is 199 Å². The minimum atomic E-state index is -5.32. The molecule has 0 unspecified atom stereocenters. The molecule has 0 aromatic heterocycles. The van der Waals surface area contributed by atoms with Gasteiger partial charge in [-0.3, -0.25) is 0 Å². The lowest BCUT2D eigenvalue weighted by atomic mass is 10.3. The fourth-order valence-corrected chi connectivity index (χ4v) is 38.8. The maximum atomic E-state index is 12.8. The third-order valence-corrected chi connectivity index (χ3v) is 37.8. The first-order valence-electron chi connectivity index (χ1n) is 28.6. The van der Waals surface area contributed by atoms with Gasteiger partial charge in [0.05, 0.1) is 39.6 Å². The summed E-state index contributed by atoms with van der Waals surface area (Å²) in [4.78, 5) is 81.8. The lowest BCUT2D eigenvalue weighted by molar-refractivity contribution is -0.146. The minimum absolute atomic E-state index is 0.164. The van der Waals surface area contributed by atoms with E-state index in [0.717, 1.165) is 39.2 Å². The molecule has 0 saturated heterocycles. The number of ether oxygens (including phenoxy) is 12. The number of rotatable bonds is 36. The van der Waals surface area contributed by atoms with Crippen molar-refractivity contribution in [1.29, 1.82) is 0 Å². The highest BCUT2D eigenvalue weighted by molar-refractivity contribution is 9.81. The topological polar surface area (TPSA) is 213 Å². The molecule has 0 aliphatic carbocycles. The summed E-state index contributed by atoms with van der Waals surface area (Å²) < 4.78 is 61.8. The number of carbonyl (C=O) groups is 6. The normalized spacial score (nSPS) is 11.8. The predicted molar refractivity (Wildman–Crippen MR) is 350 cm³/mol. The molecule has 0 bridgehead atoms. The van der Waals surface area contributed by atoms with Gasteiger partial charge in [-0.15, -0.1) is 0 Å². The van der Waals surface area contributed by atoms with E-state index in [-0.39, 0.29) is 79.3 Å². The van der Waals surface area contributed by atoms with Crippen molar-refractivity contribution in [1.82, 2.24) is 0 Å². The molecule has 7 aromatic rings. The van der Waals surface area contributed by atoms with Crippen molar-refractivity contribution in [2.24, 2.45) is 0 Å². The Bertz CT molecular complexity index is 3210. The Morgan fingerprint density at radius 2 is 0.511 bits per heavy atom. The van der Waals surface area contributed by atoms with Crippen LogP contribution >= 0.6 is 59.4 Å². The zero-order chi connectivity index (χ0) is 64.3. The molecule has 0 N–H and O–H groups in total. The van der Waals surface area contributed by atoms with Crippen LogP contribution in [-0.4, -0.2) is 115 Å². The average molecular weight is 1340 g/mol. The van der Waals surface area contributed by atoms with Gasteiger partial charge in [0.2, 0.25) is 0 Å². The van der Waals surface area contributed by atoms with E-state index < -0.39 is 40.2 Å². The van der Waals surface area contributed by atoms with Crippen LogP contribution in [0.4, 0.5) is 0 Å². The van der Waals surface area contributed by atoms with Crippen molar-refractivity contribution in [3.8, 4) is 34.5 Å². The second-order valence-corrected chi connectivity index (χ2v) is 41.2. The molecule has 0 amide bonds. The fraction of sp³-hybridized carbons (Fsp3) is 0.273. The first-order chi connectivity index (χ1) is 43.6. The Morgan fingerprint density at radius 1 is 0.289 bits per heavy atom. The Hall–Kier alpha value is -7.74. The summed E-state index contributed by atoms with van der Waals surface area (Å²) >= 11 is 1.50. The SMILES string of the molecule is CCOC(=O)COc1ccc(Sc2ccccc2S(Sc2ccc(OCC(=O)OCC)cc2)(Sc2ccc(OCC(=O)OCC)cc2)(Sc2ccc(OCC(=O)OCC)cc2)(Sc2ccc(OCC(=O)OCC)cc2)c2ccc(OCC(=O)OCC)cc2)cc1. The second kappa shape index (κ2) is 33.9. The molecule has 0 fully saturated rings. The number of benzene rings is 7. The zero-order valence-electron chi connectivity index (χ0n) is 50.4. The smallest absolute Gasteiger partial charge is 0.344 e. The summed E-state index contributed by atoms with van der Waals surface area (Å²) in [5.74, 6) is -0.748. The Kier molecular flexibility index (Phi) is 26.3. The van der Waals surface area contributed by atoms with Crippen LogP contribution in [0.1, 0.15) is 41.5 Å². The van der Waals surface area contributed by atoms with Crippen LogP contribution in [0.5, 0.6) is 34.5 Å². The van der Waals surface area contributed by atoms with Gasteiger partial charge in [0.25, 0.3) is 0 Å². The molecule has 7 aromatic carbocycles. The van der Waals surface area contributed by atoms with Crippen LogP contribution in [0.3, 0.4) is 0 Å². The summed E-state index contributed by atoms with van der Waals surface area (Å²) in [5, 5.41) is 0. The number of hydrogen-bond acceptors (Lipinski definition) is 23. The summed E-state index contributed by atoms with van der Waals surface area (Å²) in [6.45, 7) is 9.50. The highest BCUT2D eigenvalue weighted by Crippen LogP contribution is 3.25. The molecule has 0 aliphatic heterocycles. The molecule has 0 heterocycles. The van der Waals surface area contributed by atoms with Gasteiger partial charge in [0.1, 0.15) is 34.5 Å². The van der Waals surface area contributed by atoms with E-state index in [1.165, 1.54) is 11.8 Å². The van der Waals surface area contributed by atoms with Crippen LogP contribution in [0, 0.1) is 0 Å². The Morgan fingerprint density at radius 3 is 0.756 bits per heavy atom. The van der Waals surface area contributed by atoms with Gasteiger partial charge in [-0.25, -0.2) is 28.8 Å². The molecule has 478 valence electrons. The van der Waals surface area contributed by atoms with E-state index in [2.05, 4.69) is 12.1 Å². The molecule has 0 aliphatic rings. The highest BCUT2D eigenvalue weighted by atomic mass is 34.1. The quantitative estimate of drug-likeness (QED) is 0.0203. The standard InChI is InChI=1S/C66H70O18S6/c1-7-73-61(67)41-79-47-17-29-53(30-18-47)85-59-15-13-14-16-60(59)90(58-39-27-52(28-40-58)84-46-66(72)78-12-6,86-54-31-19-48(20-32-54)80-42-62(68)74-8-2,87-55-33-21-49(22-34-55)81-43-63(69)75-9-3,88-56-35-23-50(24-36-56)82-44-64(70)76-10-4)89-57-37-25-51(26-38-57)83-45-65(71)77-11-5/h13-40H,7-12,41-46H2,1-6H3. The van der Waals surface area contributed by atoms with Gasteiger partial charge in [-0.2, -0.15) is 0 Å². The lowest BCUT2D eigenvalue weighted by Gasteiger charge is -2.76. The molecule has 0 radical (unpaired) electrons. The molecule has 7 rings (SSSR count). The van der Waals surface area contributed by atoms with Crippen molar-refractivity contribution in [3.63, 3.8) is 0 Å². The van der Waals surface area contributed by atoms with E-state index in [9.17, 15) is 28.8 Å². The predicted octanol–water partition coefficient (Wildman–Crippen LogP) is 14.6. The molecule has 0 saturated carbocycles. The molecule has 18 nitrogen and oxygen atoms in total. The third-order valence-electron chi connectivity index (χ3n) is 12.1. The number of esters is 6. The first kappa shape index (κ1) is 69.7. The van der Waals surface area contributed by atoms with E-state index >= 15 is 0 Å². The summed E-state index contributed by atoms with van der Waals surface area (Å²) in [6, 6.07) is 52.9. The molecular formula is C66H70O18S6. The number of carbonyl (C=O) groups excluding carboxylic acids is 6. The first-order valence-corrected chi connectivity index (χ1v) is 37.2. The summed E-state index contributed by atoms with van der Waals surface area (Å²) in [6.07, 6.45) is 0. The maximum absolute atomic E-state index is 12.8. The van der Waals surface area contributed by atoms with Gasteiger partial charge in [0.15, 0.2) is 39.6 Å². The Balaban J connectivity index is 1.61. The lowest BCUT2D eigenvalue weighted by Crippen LogP contribution is -2.24. The van der Waals surface area contributed by atoms with Crippen molar-refractivity contribution in [3.05, 3.63) is 170 Å². The maximum Gasteiger partial charge on any atom is 0.344 e. The van der Waals surface area contributed by atoms with Crippen LogP contribution in [0.25, 0.3) is 0 Å². The largest absolute Gasteiger partial charge is 0.482 e. The van der Waals surface area contributed by atoms with Gasteiger partial charge in [-0.1, -0.05) is 71.5 Å². The molecule has 0 spiro atoms. The fourth-order valence-electron chi connectivity index (χ4n) is 8.34. The third kappa shape index (κ3) is 18.9. The van der Waals surface area contributed by atoms with Crippen LogP contribution in [0.15, 0.2) is 209 Å². The zero-order valence-corrected chi connectivity index (χ0v) is 55.3. The van der Waals surface area contributed by atoms with E-state index in [1.54, 1.807) is 145 Å². The Labute approximate surface area is 541 Å². The van der Waals surface area contributed by atoms with Gasteiger partial charge >= 0.3 is 35.8 Å². The monoisotopic (exact) mass is 1340 g/mol.